The number of H-pyrrole nitrogens is 1. The normalized spacial score (nSPS) is 26.9. The zero-order valence-corrected chi connectivity index (χ0v) is 7.76. The van der Waals surface area contributed by atoms with Gasteiger partial charge in [-0.05, 0) is 37.8 Å². The van der Waals surface area contributed by atoms with Crippen LogP contribution in [0, 0.1) is 0 Å². The number of hydrogen-bond acceptors (Lipinski definition) is 2. The number of aromatic nitrogens is 1. The Morgan fingerprint density at radius 1 is 1.54 bits per heavy atom. The molecular weight excluding hydrogens is 164 g/mol. The molecular formula is C10H14N2O. The lowest BCUT2D eigenvalue weighted by molar-refractivity contribution is 0.403. The van der Waals surface area contributed by atoms with E-state index in [9.17, 15) is 4.79 Å². The highest BCUT2D eigenvalue weighted by Crippen LogP contribution is 2.30. The zero-order valence-electron chi connectivity index (χ0n) is 7.76. The molecule has 0 radical (unpaired) electrons. The summed E-state index contributed by atoms with van der Waals surface area (Å²) >= 11 is 0. The summed E-state index contributed by atoms with van der Waals surface area (Å²) in [4.78, 5) is 13.9. The van der Waals surface area contributed by atoms with Crippen LogP contribution in [0.1, 0.15) is 31.0 Å². The average Bonchev–Trinajstić information content (AvgIpc) is 2.02. The summed E-state index contributed by atoms with van der Waals surface area (Å²) in [5.74, 6) is 0. The molecule has 0 bridgehead atoms. The van der Waals surface area contributed by atoms with Gasteiger partial charge >= 0.3 is 0 Å². The van der Waals surface area contributed by atoms with Crippen molar-refractivity contribution >= 4 is 0 Å². The van der Waals surface area contributed by atoms with Gasteiger partial charge in [-0.2, -0.15) is 0 Å². The van der Waals surface area contributed by atoms with E-state index >= 15 is 0 Å². The summed E-state index contributed by atoms with van der Waals surface area (Å²) in [6.45, 7) is 2.02. The summed E-state index contributed by atoms with van der Waals surface area (Å²) in [6.07, 6.45) is 2.99. The van der Waals surface area contributed by atoms with Crippen LogP contribution >= 0.6 is 0 Å². The predicted octanol–water partition coefficient (Wildman–Crippen LogP) is 0.885. The van der Waals surface area contributed by atoms with Crippen molar-refractivity contribution in [3.63, 3.8) is 0 Å². The van der Waals surface area contributed by atoms with Crippen molar-refractivity contribution in [1.82, 2.24) is 4.98 Å². The maximum absolute atomic E-state index is 11.1. The standard InChI is InChI=1S/C10H14N2O/c1-10(11)6-2-3-8-7(10)4-5-9(13)12-8/h4-5H,2-3,6,11H2,1H3,(H,12,13). The van der Waals surface area contributed by atoms with E-state index in [2.05, 4.69) is 4.98 Å². The summed E-state index contributed by atoms with van der Waals surface area (Å²) in [6, 6.07) is 3.41. The monoisotopic (exact) mass is 178 g/mol. The van der Waals surface area contributed by atoms with Crippen molar-refractivity contribution in [2.75, 3.05) is 0 Å². The first kappa shape index (κ1) is 8.51. The molecule has 3 nitrogen and oxygen atoms in total. The summed E-state index contributed by atoms with van der Waals surface area (Å²) in [5.41, 5.74) is 7.93. The Kier molecular flexibility index (Phi) is 1.77. The van der Waals surface area contributed by atoms with E-state index in [0.29, 0.717) is 0 Å². The summed E-state index contributed by atoms with van der Waals surface area (Å²) in [5, 5.41) is 0. The fraction of sp³-hybridized carbons (Fsp3) is 0.500. The second-order valence-electron chi connectivity index (χ2n) is 3.99. The van der Waals surface area contributed by atoms with Crippen molar-refractivity contribution < 1.29 is 0 Å². The third-order valence-electron chi connectivity index (χ3n) is 2.74. The summed E-state index contributed by atoms with van der Waals surface area (Å²) in [7, 11) is 0. The first-order valence-corrected chi connectivity index (χ1v) is 4.61. The van der Waals surface area contributed by atoms with Gasteiger partial charge in [-0.3, -0.25) is 4.79 Å². The maximum Gasteiger partial charge on any atom is 0.248 e. The SMILES string of the molecule is CC1(N)CCCc2[nH]c(=O)ccc21. The highest BCUT2D eigenvalue weighted by atomic mass is 16.1. The first-order valence-electron chi connectivity index (χ1n) is 4.61. The number of aryl methyl sites for hydroxylation is 1. The molecule has 0 aliphatic heterocycles. The zero-order chi connectivity index (χ0) is 9.47. The molecule has 70 valence electrons. The molecule has 2 rings (SSSR count). The molecule has 0 fully saturated rings. The molecule has 13 heavy (non-hydrogen) atoms. The van der Waals surface area contributed by atoms with Gasteiger partial charge in [0.15, 0.2) is 0 Å². The third kappa shape index (κ3) is 1.40. The van der Waals surface area contributed by atoms with Crippen molar-refractivity contribution in [2.45, 2.75) is 31.7 Å². The largest absolute Gasteiger partial charge is 0.326 e. The minimum atomic E-state index is -0.266. The topological polar surface area (TPSA) is 58.9 Å². The quantitative estimate of drug-likeness (QED) is 0.619. The Morgan fingerprint density at radius 2 is 2.31 bits per heavy atom. The molecule has 1 aliphatic rings. The minimum absolute atomic E-state index is 0.0311. The van der Waals surface area contributed by atoms with Gasteiger partial charge in [0.2, 0.25) is 5.56 Å². The van der Waals surface area contributed by atoms with Gasteiger partial charge in [0.1, 0.15) is 0 Å². The molecule has 1 aliphatic carbocycles. The molecule has 1 heterocycles. The van der Waals surface area contributed by atoms with Gasteiger partial charge in [-0.1, -0.05) is 0 Å². The van der Waals surface area contributed by atoms with E-state index in [4.69, 9.17) is 5.73 Å². The van der Waals surface area contributed by atoms with Crippen LogP contribution in [0.5, 0.6) is 0 Å². The van der Waals surface area contributed by atoms with E-state index in [1.54, 1.807) is 6.07 Å². The van der Waals surface area contributed by atoms with Crippen molar-refractivity contribution in [1.29, 1.82) is 0 Å². The molecule has 1 aromatic heterocycles. The second kappa shape index (κ2) is 2.70. The number of hydrogen-bond donors (Lipinski definition) is 2. The molecule has 1 atom stereocenters. The number of nitrogens with two attached hydrogens (primary N) is 1. The van der Waals surface area contributed by atoms with Crippen LogP contribution in [0.2, 0.25) is 0 Å². The van der Waals surface area contributed by atoms with Crippen LogP contribution in [0.25, 0.3) is 0 Å². The van der Waals surface area contributed by atoms with Crippen LogP contribution < -0.4 is 11.3 Å². The average molecular weight is 178 g/mol. The molecule has 3 N–H and O–H groups in total. The number of aromatic amines is 1. The number of rotatable bonds is 0. The van der Waals surface area contributed by atoms with Gasteiger partial charge in [-0.15, -0.1) is 0 Å². The smallest absolute Gasteiger partial charge is 0.248 e. The van der Waals surface area contributed by atoms with Crippen molar-refractivity contribution in [3.8, 4) is 0 Å². The van der Waals surface area contributed by atoms with E-state index in [0.717, 1.165) is 30.5 Å². The third-order valence-corrected chi connectivity index (χ3v) is 2.74. The minimum Gasteiger partial charge on any atom is -0.326 e. The Balaban J connectivity index is 2.59. The molecule has 3 heteroatoms. The molecule has 1 unspecified atom stereocenters. The fourth-order valence-corrected chi connectivity index (χ4v) is 2.02. The molecule has 0 aromatic carbocycles. The molecule has 1 aromatic rings. The number of nitrogens with one attached hydrogen (secondary N) is 1. The molecule has 0 saturated heterocycles. The number of fused-ring (bicyclic) bond motifs is 1. The second-order valence-corrected chi connectivity index (χ2v) is 3.99. The van der Waals surface area contributed by atoms with Gasteiger partial charge < -0.3 is 10.7 Å². The lowest BCUT2D eigenvalue weighted by atomic mass is 9.81. The molecule has 0 spiro atoms. The van der Waals surface area contributed by atoms with Gasteiger partial charge in [-0.25, -0.2) is 0 Å². The van der Waals surface area contributed by atoms with E-state index < -0.39 is 0 Å². The van der Waals surface area contributed by atoms with Crippen LogP contribution in [-0.2, 0) is 12.0 Å². The van der Waals surface area contributed by atoms with Gasteiger partial charge in [0, 0.05) is 17.3 Å². The molecule has 0 saturated carbocycles. The van der Waals surface area contributed by atoms with E-state index in [1.165, 1.54) is 0 Å². The first-order chi connectivity index (χ1) is 6.09. The Hall–Kier alpha value is -1.09. The Labute approximate surface area is 77.0 Å². The van der Waals surface area contributed by atoms with Gasteiger partial charge in [0.05, 0.1) is 0 Å². The van der Waals surface area contributed by atoms with E-state index in [1.807, 2.05) is 13.0 Å². The van der Waals surface area contributed by atoms with E-state index in [-0.39, 0.29) is 11.1 Å². The lowest BCUT2D eigenvalue weighted by Gasteiger charge is -2.31. The number of pyridine rings is 1. The highest BCUT2D eigenvalue weighted by molar-refractivity contribution is 5.29. The van der Waals surface area contributed by atoms with Crippen LogP contribution in [0.15, 0.2) is 16.9 Å². The Bertz CT molecular complexity index is 379. The van der Waals surface area contributed by atoms with Gasteiger partial charge in [0.25, 0.3) is 0 Å². The highest BCUT2D eigenvalue weighted by Gasteiger charge is 2.27. The Morgan fingerprint density at radius 3 is 3.08 bits per heavy atom. The van der Waals surface area contributed by atoms with Crippen molar-refractivity contribution in [2.24, 2.45) is 5.73 Å². The molecule has 0 amide bonds. The summed E-state index contributed by atoms with van der Waals surface area (Å²) < 4.78 is 0. The van der Waals surface area contributed by atoms with Crippen LogP contribution in [-0.4, -0.2) is 4.98 Å². The lowest BCUT2D eigenvalue weighted by Crippen LogP contribution is -2.38. The van der Waals surface area contributed by atoms with Crippen LogP contribution in [0.3, 0.4) is 0 Å². The maximum atomic E-state index is 11.1. The van der Waals surface area contributed by atoms with Crippen LogP contribution in [0.4, 0.5) is 0 Å². The predicted molar refractivity (Wildman–Crippen MR) is 51.5 cm³/mol. The fourth-order valence-electron chi connectivity index (χ4n) is 2.02. The van der Waals surface area contributed by atoms with Crippen molar-refractivity contribution in [3.05, 3.63) is 33.7 Å².